The van der Waals surface area contributed by atoms with E-state index in [1.54, 1.807) is 22.7 Å². The van der Waals surface area contributed by atoms with Crippen molar-refractivity contribution in [1.82, 2.24) is 14.3 Å². The Morgan fingerprint density at radius 2 is 1.82 bits per heavy atom. The van der Waals surface area contributed by atoms with Gasteiger partial charge in [0, 0.05) is 30.2 Å². The summed E-state index contributed by atoms with van der Waals surface area (Å²) in [5.74, 6) is -0.699. The smallest absolute Gasteiger partial charge is 0.332 e. The number of hydrogen-bond acceptors (Lipinski definition) is 4. The van der Waals surface area contributed by atoms with E-state index in [2.05, 4.69) is 10.3 Å². The van der Waals surface area contributed by atoms with Gasteiger partial charge >= 0.3 is 12.1 Å². The van der Waals surface area contributed by atoms with Crippen LogP contribution >= 0.6 is 0 Å². The van der Waals surface area contributed by atoms with Crippen LogP contribution in [0.1, 0.15) is 5.69 Å². The molecule has 0 spiro atoms. The van der Waals surface area contributed by atoms with Crippen molar-refractivity contribution in [3.63, 3.8) is 0 Å². The second-order valence-corrected chi connectivity index (χ2v) is 7.75. The number of anilines is 2. The molecule has 34 heavy (non-hydrogen) atoms. The van der Waals surface area contributed by atoms with Crippen LogP contribution < -0.4 is 15.0 Å². The number of halogens is 2. The molecular formula is C24H19F2N5O3. The average Bonchev–Trinajstić information content (AvgIpc) is 3.37. The molecule has 1 aliphatic heterocycles. The lowest BCUT2D eigenvalue weighted by Crippen LogP contribution is -2.39. The molecule has 10 heteroatoms. The van der Waals surface area contributed by atoms with E-state index in [4.69, 9.17) is 4.74 Å². The number of ether oxygens (including phenoxy) is 1. The second-order valence-electron chi connectivity index (χ2n) is 7.75. The Balaban J connectivity index is 1.25. The van der Waals surface area contributed by atoms with Crippen molar-refractivity contribution in [2.24, 2.45) is 0 Å². The lowest BCUT2D eigenvalue weighted by Gasteiger charge is -2.18. The molecular weight excluding hydrogens is 444 g/mol. The molecule has 0 aliphatic carbocycles. The van der Waals surface area contributed by atoms with Crippen LogP contribution in [0.4, 0.5) is 29.7 Å². The molecule has 0 unspecified atom stereocenters. The second kappa shape index (κ2) is 8.47. The van der Waals surface area contributed by atoms with Crippen LogP contribution in [0.15, 0.2) is 67.0 Å². The van der Waals surface area contributed by atoms with Crippen LogP contribution in [0.25, 0.3) is 5.65 Å². The van der Waals surface area contributed by atoms with Gasteiger partial charge in [-0.15, -0.1) is 0 Å². The summed E-state index contributed by atoms with van der Waals surface area (Å²) in [7, 11) is 0. The number of imide groups is 1. The number of imidazole rings is 1. The molecule has 3 heterocycles. The van der Waals surface area contributed by atoms with Crippen molar-refractivity contribution in [3.05, 3.63) is 84.3 Å². The summed E-state index contributed by atoms with van der Waals surface area (Å²) in [6.45, 7) is 2.28. The highest BCUT2D eigenvalue weighted by Gasteiger charge is 2.34. The number of rotatable bonds is 4. The summed E-state index contributed by atoms with van der Waals surface area (Å²) in [4.78, 5) is 32.0. The van der Waals surface area contributed by atoms with Crippen molar-refractivity contribution in [2.45, 2.75) is 6.92 Å². The quantitative estimate of drug-likeness (QED) is 0.452. The predicted molar refractivity (Wildman–Crippen MR) is 121 cm³/mol. The largest absolute Gasteiger partial charge is 0.453 e. The SMILES string of the molecule is Cc1cn2cc(Oc3ccc(NC(=O)N4CCN(c5ccc(F)cc5)C4=O)cc3F)ccc2n1. The number of fused-ring (bicyclic) bond motifs is 1. The van der Waals surface area contributed by atoms with Crippen molar-refractivity contribution < 1.29 is 23.1 Å². The van der Waals surface area contributed by atoms with Gasteiger partial charge < -0.3 is 14.5 Å². The van der Waals surface area contributed by atoms with Crippen LogP contribution in [0.2, 0.25) is 0 Å². The maximum Gasteiger partial charge on any atom is 0.332 e. The summed E-state index contributed by atoms with van der Waals surface area (Å²) in [5, 5.41) is 2.53. The fourth-order valence-corrected chi connectivity index (χ4v) is 3.72. The number of aryl methyl sites for hydroxylation is 1. The van der Waals surface area contributed by atoms with Crippen molar-refractivity contribution in [3.8, 4) is 11.5 Å². The predicted octanol–water partition coefficient (Wildman–Crippen LogP) is 5.19. The van der Waals surface area contributed by atoms with Gasteiger partial charge in [0.25, 0.3) is 0 Å². The maximum atomic E-state index is 14.7. The van der Waals surface area contributed by atoms with E-state index in [1.807, 2.05) is 13.1 Å². The van der Waals surface area contributed by atoms with Gasteiger partial charge in [0.2, 0.25) is 0 Å². The number of benzene rings is 2. The first-order valence-electron chi connectivity index (χ1n) is 10.5. The maximum absolute atomic E-state index is 14.7. The summed E-state index contributed by atoms with van der Waals surface area (Å²) in [6.07, 6.45) is 3.52. The highest BCUT2D eigenvalue weighted by Crippen LogP contribution is 2.28. The number of amides is 4. The standard InChI is InChI=1S/C24H19F2N5O3/c1-15-13-29-14-19(7-9-22(29)27-15)34-21-8-4-17(12-20(21)26)28-23(32)31-11-10-30(24(31)33)18-5-2-16(25)3-6-18/h2-9,12-14H,10-11H2,1H3,(H,28,32). The van der Waals surface area contributed by atoms with E-state index >= 15 is 0 Å². The van der Waals surface area contributed by atoms with Crippen LogP contribution in [-0.4, -0.2) is 39.4 Å². The number of carbonyl (C=O) groups excluding carboxylic acids is 2. The zero-order valence-corrected chi connectivity index (χ0v) is 18.0. The Morgan fingerprint density at radius 1 is 1.03 bits per heavy atom. The number of urea groups is 2. The lowest BCUT2D eigenvalue weighted by molar-refractivity contribution is 0.209. The minimum absolute atomic E-state index is 0.0195. The molecule has 8 nitrogen and oxygen atoms in total. The van der Waals surface area contributed by atoms with E-state index in [-0.39, 0.29) is 24.5 Å². The number of pyridine rings is 1. The molecule has 2 aromatic heterocycles. The van der Waals surface area contributed by atoms with Gasteiger partial charge in [0.05, 0.1) is 18.4 Å². The topological polar surface area (TPSA) is 79.2 Å². The molecule has 1 aliphatic rings. The number of aromatic nitrogens is 2. The summed E-state index contributed by atoms with van der Waals surface area (Å²) in [6, 6.07) is 11.6. The Bertz CT molecular complexity index is 1400. The Hall–Kier alpha value is -4.47. The van der Waals surface area contributed by atoms with Crippen molar-refractivity contribution >= 4 is 29.1 Å². The monoisotopic (exact) mass is 463 g/mol. The fourth-order valence-electron chi connectivity index (χ4n) is 3.72. The van der Waals surface area contributed by atoms with E-state index in [9.17, 15) is 18.4 Å². The van der Waals surface area contributed by atoms with E-state index in [1.165, 1.54) is 41.3 Å². The minimum atomic E-state index is -0.691. The first-order valence-corrected chi connectivity index (χ1v) is 10.5. The molecule has 172 valence electrons. The van der Waals surface area contributed by atoms with E-state index in [0.717, 1.165) is 22.3 Å². The molecule has 1 saturated heterocycles. The molecule has 4 aromatic rings. The lowest BCUT2D eigenvalue weighted by atomic mass is 10.3. The van der Waals surface area contributed by atoms with Crippen LogP contribution in [0.5, 0.6) is 11.5 Å². The molecule has 0 radical (unpaired) electrons. The van der Waals surface area contributed by atoms with Gasteiger partial charge in [-0.25, -0.2) is 28.3 Å². The number of carbonyl (C=O) groups is 2. The summed E-state index contributed by atoms with van der Waals surface area (Å²) in [5.41, 5.74) is 2.25. The van der Waals surface area contributed by atoms with E-state index in [0.29, 0.717) is 11.4 Å². The average molecular weight is 463 g/mol. The number of hydrogen-bond donors (Lipinski definition) is 1. The molecule has 2 aromatic carbocycles. The molecule has 1 fully saturated rings. The third kappa shape index (κ3) is 4.13. The van der Waals surface area contributed by atoms with Gasteiger partial charge in [-0.3, -0.25) is 4.90 Å². The van der Waals surface area contributed by atoms with Gasteiger partial charge in [-0.05, 0) is 55.5 Å². The van der Waals surface area contributed by atoms with E-state index < -0.39 is 23.7 Å². The molecule has 0 atom stereocenters. The van der Waals surface area contributed by atoms with Crippen LogP contribution in [0, 0.1) is 18.6 Å². The molecule has 0 saturated carbocycles. The van der Waals surface area contributed by atoms with Crippen LogP contribution in [-0.2, 0) is 0 Å². The third-order valence-corrected chi connectivity index (χ3v) is 5.35. The zero-order valence-electron chi connectivity index (χ0n) is 18.0. The van der Waals surface area contributed by atoms with Gasteiger partial charge in [0.15, 0.2) is 11.6 Å². The van der Waals surface area contributed by atoms with Gasteiger partial charge in [0.1, 0.15) is 17.2 Å². The summed E-state index contributed by atoms with van der Waals surface area (Å²) < 4.78 is 35.2. The van der Waals surface area contributed by atoms with Crippen LogP contribution in [0.3, 0.4) is 0 Å². The summed E-state index contributed by atoms with van der Waals surface area (Å²) >= 11 is 0. The minimum Gasteiger partial charge on any atom is -0.453 e. The Labute approximate surface area is 193 Å². The number of nitrogens with one attached hydrogen (secondary N) is 1. The zero-order chi connectivity index (χ0) is 23.8. The fraction of sp³-hybridized carbons (Fsp3) is 0.125. The molecule has 1 N–H and O–H groups in total. The number of nitrogens with zero attached hydrogens (tertiary/aromatic N) is 4. The first-order chi connectivity index (χ1) is 16.4. The normalized spacial score (nSPS) is 13.6. The molecule has 0 bridgehead atoms. The first kappa shape index (κ1) is 21.4. The Kier molecular flexibility index (Phi) is 5.33. The third-order valence-electron chi connectivity index (χ3n) is 5.35. The highest BCUT2D eigenvalue weighted by atomic mass is 19.1. The molecule has 4 amide bonds. The molecule has 5 rings (SSSR count). The Morgan fingerprint density at radius 3 is 2.59 bits per heavy atom. The van der Waals surface area contributed by atoms with Gasteiger partial charge in [-0.1, -0.05) is 0 Å². The van der Waals surface area contributed by atoms with Crippen molar-refractivity contribution in [1.29, 1.82) is 0 Å². The van der Waals surface area contributed by atoms with Gasteiger partial charge in [-0.2, -0.15) is 0 Å². The van der Waals surface area contributed by atoms with Crippen molar-refractivity contribution in [2.75, 3.05) is 23.3 Å². The highest BCUT2D eigenvalue weighted by molar-refractivity contribution is 6.08.